The molecule has 32 heteroatoms. The van der Waals surface area contributed by atoms with Gasteiger partial charge in [-0.1, -0.05) is 0 Å². The molecule has 0 aromatic carbocycles. The van der Waals surface area contributed by atoms with E-state index in [0.29, 0.717) is 26.1 Å². The molecule has 3 aliphatic heterocycles. The molecular weight excluding hydrogens is 1480 g/mol. The van der Waals surface area contributed by atoms with E-state index < -0.39 is 82.0 Å². The van der Waals surface area contributed by atoms with Crippen molar-refractivity contribution in [2.75, 3.05) is 164 Å². The third kappa shape index (κ3) is 73.2. The van der Waals surface area contributed by atoms with Crippen LogP contribution < -0.4 is 5.32 Å². The second kappa shape index (κ2) is 53.4. The van der Waals surface area contributed by atoms with Crippen LogP contribution in [-0.2, 0) is 100.0 Å². The van der Waals surface area contributed by atoms with Crippen molar-refractivity contribution in [3.05, 3.63) is 0 Å². The van der Waals surface area contributed by atoms with Crippen LogP contribution in [0.3, 0.4) is 0 Å². The number of ketones is 1. The molecule has 3 heterocycles. The minimum Gasteiger partial charge on any atom is -0.463 e. The maximum Gasteiger partial charge on any atom is 0.320 e. The first-order valence-corrected chi connectivity index (χ1v) is 39.3. The molecule has 674 valence electrons. The number of carbonyl (C=O) groups excluding carboxylic acids is 9. The number of aliphatic hydroxyl groups excluding tert-OH is 3. The van der Waals surface area contributed by atoms with Crippen molar-refractivity contribution in [2.45, 2.75) is 312 Å². The number of nitrogens with one attached hydrogen (secondary N) is 1. The van der Waals surface area contributed by atoms with Crippen LogP contribution in [0.2, 0.25) is 0 Å². The summed E-state index contributed by atoms with van der Waals surface area (Å²) in [5.74, 6) is -3.93. The molecule has 4 N–H and O–H groups in total. The molecule has 0 saturated carbocycles. The molecule has 3 saturated heterocycles. The topological polar surface area (TPSA) is 360 Å². The molecular formula is C82H162N8O24. The predicted molar refractivity (Wildman–Crippen MR) is 440 cm³/mol. The molecule has 0 amide bonds. The van der Waals surface area contributed by atoms with Crippen molar-refractivity contribution in [1.29, 1.82) is 0 Å². The average molecular weight is 1640 g/mol. The number of carbonyl (C=O) groups is 9. The van der Waals surface area contributed by atoms with Gasteiger partial charge in [0.1, 0.15) is 70.5 Å². The number of hydrogen-bond donors (Lipinski definition) is 4. The lowest BCUT2D eigenvalue weighted by Gasteiger charge is -2.29. The normalized spacial score (nSPS) is 18.4. The summed E-state index contributed by atoms with van der Waals surface area (Å²) in [6.45, 7) is 52.0. The van der Waals surface area contributed by atoms with Crippen LogP contribution >= 0.6 is 0 Å². The van der Waals surface area contributed by atoms with Gasteiger partial charge >= 0.3 is 47.8 Å². The van der Waals surface area contributed by atoms with Gasteiger partial charge in [0.25, 0.3) is 0 Å². The minimum atomic E-state index is -1.09. The summed E-state index contributed by atoms with van der Waals surface area (Å²) >= 11 is 0. The molecule has 7 atom stereocenters. The Hall–Kier alpha value is -5.17. The monoisotopic (exact) mass is 1640 g/mol. The van der Waals surface area contributed by atoms with Gasteiger partial charge in [-0.25, -0.2) is 0 Å². The van der Waals surface area contributed by atoms with Crippen LogP contribution in [0.15, 0.2) is 0 Å². The van der Waals surface area contributed by atoms with Crippen molar-refractivity contribution < 1.29 is 115 Å². The Morgan fingerprint density at radius 2 is 0.763 bits per heavy atom. The van der Waals surface area contributed by atoms with E-state index in [1.165, 1.54) is 0 Å². The van der Waals surface area contributed by atoms with Crippen molar-refractivity contribution >= 4 is 53.5 Å². The van der Waals surface area contributed by atoms with E-state index in [-0.39, 0.29) is 116 Å². The van der Waals surface area contributed by atoms with Crippen molar-refractivity contribution in [2.24, 2.45) is 5.92 Å². The molecule has 32 nitrogen and oxygen atoms in total. The SMILES string of the molecule is CC(C)(C)OC(=O)C1CNC1.CN(C)CC(=O)CC(=O)OC(C)(C)C.CN(C)CC(O)CC(=O)OC(C)(C)C.CN(C)CCCC(=O)OC[C@H]1OC(C)(C)O[C@@H]1CC(=O)OC(C)(C)C.CN(C)CCN(C)CC(=O)OC(C)(C)C.CN(C)C[C@@H](O)[C@H](O)CC(=O)OC(C)(C)C.CN(C)C[C@H]1OC(C)(C)O[C@@H]1CC(=O)OC(C)(C)C. The number of nitrogens with zero attached hydrogens (tertiary/aromatic N) is 7. The number of aliphatic hydroxyl groups is 3. The van der Waals surface area contributed by atoms with Gasteiger partial charge in [0.05, 0.1) is 69.1 Å². The fraction of sp³-hybridized carbons (Fsp3) is 0.890. The van der Waals surface area contributed by atoms with Crippen molar-refractivity contribution in [3.63, 3.8) is 0 Å². The molecule has 0 aromatic rings. The highest BCUT2D eigenvalue weighted by molar-refractivity contribution is 5.96. The number of hydrogen-bond acceptors (Lipinski definition) is 32. The Bertz CT molecular complexity index is 2770. The quantitative estimate of drug-likeness (QED) is 0.0315. The summed E-state index contributed by atoms with van der Waals surface area (Å²) in [4.78, 5) is 117. The van der Waals surface area contributed by atoms with E-state index >= 15 is 0 Å². The molecule has 0 aliphatic carbocycles. The van der Waals surface area contributed by atoms with Gasteiger partial charge in [0.15, 0.2) is 17.4 Å². The number of rotatable bonds is 31. The van der Waals surface area contributed by atoms with Crippen LogP contribution in [0.5, 0.6) is 0 Å². The lowest BCUT2D eigenvalue weighted by Crippen LogP contribution is -2.48. The molecule has 3 rings (SSSR count). The number of esters is 8. The smallest absolute Gasteiger partial charge is 0.320 e. The fourth-order valence-electron chi connectivity index (χ4n) is 9.78. The summed E-state index contributed by atoms with van der Waals surface area (Å²) in [6, 6.07) is 0. The molecule has 0 bridgehead atoms. The third-order valence-electron chi connectivity index (χ3n) is 13.8. The van der Waals surface area contributed by atoms with Crippen molar-refractivity contribution in [1.82, 2.24) is 39.6 Å². The van der Waals surface area contributed by atoms with Crippen LogP contribution in [0.1, 0.15) is 218 Å². The zero-order valence-electron chi connectivity index (χ0n) is 77.9. The van der Waals surface area contributed by atoms with E-state index in [1.807, 2.05) is 201 Å². The zero-order chi connectivity index (χ0) is 90.3. The van der Waals surface area contributed by atoms with E-state index in [2.05, 4.69) is 10.2 Å². The van der Waals surface area contributed by atoms with E-state index in [1.54, 1.807) is 93.4 Å². The van der Waals surface area contributed by atoms with Gasteiger partial charge in [-0.15, -0.1) is 0 Å². The second-order valence-corrected chi connectivity index (χ2v) is 38.3. The lowest BCUT2D eigenvalue weighted by molar-refractivity contribution is -0.165. The maximum absolute atomic E-state index is 12.0. The first-order valence-electron chi connectivity index (χ1n) is 39.3. The van der Waals surface area contributed by atoms with Gasteiger partial charge in [-0.3, -0.25) is 48.1 Å². The fourth-order valence-corrected chi connectivity index (χ4v) is 9.78. The number of ether oxygens (including phenoxy) is 12. The third-order valence-corrected chi connectivity index (χ3v) is 13.8. The van der Waals surface area contributed by atoms with E-state index in [9.17, 15) is 58.5 Å². The molecule has 3 fully saturated rings. The summed E-state index contributed by atoms with van der Waals surface area (Å²) in [7, 11) is 24.6. The van der Waals surface area contributed by atoms with Gasteiger partial charge in [0, 0.05) is 52.2 Å². The standard InChI is InChI=1S/C18H33NO6.C14H27NO4.C11H24N2O2.C11H23NO4.C10H21NO3.C10H19NO3.C8H15NO2/c1-17(2,3)25-16(21)11-13-14(24-18(4,5)23-13)12-22-15(20)9-8-10-19(6)7;1-13(2,3)19-12(16)8-10-11(9-15(6)7)18-14(4,5)17-10;1-11(2,3)15-10(14)9-13(6)8-7-12(4)5;1-11(2,3)16-10(15)6-8(13)9(14)7-12(4)5;2*1-10(2,3)14-9(13)6-8(12)7-11(4)5;1-8(2,3)11-7(10)6-4-9-5-6/h13-14H,8-12H2,1-7H3;10-11H,8-9H2,1-7H3;7-9H2,1-6H3;8-9,13-14H,6-7H2,1-5H3;8,12H,6-7H2,1-5H3;6-7H2,1-5H3;6,9H,4-5H2,1-3H3/t13-,14-;10-,11-;;8-,9-;;;/m11.1.../s1. The minimum absolute atomic E-state index is 0.0510. The number of Topliss-reactive ketones (excluding diaryl/α,β-unsaturated/α-hetero) is 1. The molecule has 3 aliphatic rings. The molecule has 1 unspecified atom stereocenters. The van der Waals surface area contributed by atoms with Gasteiger partial charge in [-0.05, 0) is 278 Å². The zero-order valence-corrected chi connectivity index (χ0v) is 77.9. The summed E-state index contributed by atoms with van der Waals surface area (Å²) < 4.78 is 64.6. The summed E-state index contributed by atoms with van der Waals surface area (Å²) in [5, 5.41) is 31.6. The molecule has 114 heavy (non-hydrogen) atoms. The lowest BCUT2D eigenvalue weighted by atomic mass is 10.0. The first-order chi connectivity index (χ1) is 51.1. The van der Waals surface area contributed by atoms with Crippen LogP contribution in [0.4, 0.5) is 0 Å². The first kappa shape index (κ1) is 115. The molecule has 0 spiro atoms. The van der Waals surface area contributed by atoms with Crippen LogP contribution in [-0.4, -0.2) is 360 Å². The highest BCUT2D eigenvalue weighted by Crippen LogP contribution is 2.33. The van der Waals surface area contributed by atoms with Crippen molar-refractivity contribution in [3.8, 4) is 0 Å². The average Bonchev–Trinajstić information content (AvgIpc) is 1.68. The maximum atomic E-state index is 12.0. The number of likely N-dealkylation sites (N-methyl/N-ethyl adjacent to an activating group) is 6. The Morgan fingerprint density at radius 1 is 0.395 bits per heavy atom. The highest BCUT2D eigenvalue weighted by atomic mass is 16.8. The molecule has 0 radical (unpaired) electrons. The van der Waals surface area contributed by atoms with Crippen LogP contribution in [0.25, 0.3) is 0 Å². The Labute approximate surface area is 686 Å². The summed E-state index contributed by atoms with van der Waals surface area (Å²) in [5.41, 5.74) is -3.32. The second-order valence-electron chi connectivity index (χ2n) is 38.3. The largest absolute Gasteiger partial charge is 0.463 e. The Morgan fingerprint density at radius 3 is 1.13 bits per heavy atom. The van der Waals surface area contributed by atoms with Gasteiger partial charge < -0.3 is 107 Å². The molecule has 0 aromatic heterocycles. The highest BCUT2D eigenvalue weighted by Gasteiger charge is 2.45. The van der Waals surface area contributed by atoms with E-state index in [0.717, 1.165) is 45.7 Å². The van der Waals surface area contributed by atoms with E-state index in [4.69, 9.17) is 56.8 Å². The Kier molecular flexibility index (Phi) is 53.9. The van der Waals surface area contributed by atoms with Gasteiger partial charge in [-0.2, -0.15) is 0 Å². The predicted octanol–water partition coefficient (Wildman–Crippen LogP) is 6.78. The van der Waals surface area contributed by atoms with Crippen LogP contribution in [0, 0.1) is 5.92 Å². The Balaban J connectivity index is -0.000000628. The van der Waals surface area contributed by atoms with Gasteiger partial charge in [0.2, 0.25) is 0 Å². The summed E-state index contributed by atoms with van der Waals surface area (Å²) in [6.07, 6.45) is -2.95.